The molecule has 210 valence electrons. The number of anilines is 2. The summed E-state index contributed by atoms with van der Waals surface area (Å²) in [5, 5.41) is 0. The number of benzene rings is 6. The molecule has 0 radical (unpaired) electrons. The number of ether oxygens (including phenoxy) is 2. The van der Waals surface area contributed by atoms with Gasteiger partial charge in [0.15, 0.2) is 11.5 Å². The van der Waals surface area contributed by atoms with E-state index < -0.39 is 5.41 Å². The highest BCUT2D eigenvalue weighted by atomic mass is 16.5. The van der Waals surface area contributed by atoms with Crippen LogP contribution in [-0.4, -0.2) is 0 Å². The van der Waals surface area contributed by atoms with E-state index in [9.17, 15) is 0 Å². The lowest BCUT2D eigenvalue weighted by Gasteiger charge is -2.34. The highest BCUT2D eigenvalue weighted by Gasteiger charge is 2.45. The van der Waals surface area contributed by atoms with Crippen molar-refractivity contribution in [2.45, 2.75) is 19.3 Å². The monoisotopic (exact) mass is 560 g/mol. The third-order valence-corrected chi connectivity index (χ3v) is 8.32. The Morgan fingerprint density at radius 3 is 1.28 bits per heavy atom. The number of nitrogens with two attached hydrogens (primary N) is 2. The average Bonchev–Trinajstić information content (AvgIpc) is 3.33. The molecule has 0 bridgehead atoms. The molecule has 0 saturated heterocycles. The predicted octanol–water partition coefficient (Wildman–Crippen LogP) is 9.42. The molecule has 0 aliphatic heterocycles. The fraction of sp³-hybridized carbons (Fsp3) is 0.0769. The van der Waals surface area contributed by atoms with E-state index in [0.717, 1.165) is 33.8 Å². The molecule has 0 spiro atoms. The summed E-state index contributed by atoms with van der Waals surface area (Å²) in [6.45, 7) is 4.06. The van der Waals surface area contributed by atoms with Crippen molar-refractivity contribution in [1.29, 1.82) is 0 Å². The third-order valence-electron chi connectivity index (χ3n) is 8.32. The summed E-state index contributed by atoms with van der Waals surface area (Å²) in [7, 11) is 0. The van der Waals surface area contributed by atoms with Gasteiger partial charge in [-0.3, -0.25) is 0 Å². The van der Waals surface area contributed by atoms with Crippen molar-refractivity contribution in [2.75, 3.05) is 11.5 Å². The quantitative estimate of drug-likeness (QED) is 0.199. The minimum atomic E-state index is -0.533. The second-order valence-corrected chi connectivity index (χ2v) is 11.2. The normalized spacial score (nSPS) is 12.8. The molecule has 0 fully saturated rings. The molecule has 0 heterocycles. The zero-order valence-corrected chi connectivity index (χ0v) is 24.2. The Kier molecular flexibility index (Phi) is 6.40. The topological polar surface area (TPSA) is 70.5 Å². The van der Waals surface area contributed by atoms with Crippen molar-refractivity contribution in [1.82, 2.24) is 0 Å². The second kappa shape index (κ2) is 10.4. The van der Waals surface area contributed by atoms with Crippen molar-refractivity contribution in [3.05, 3.63) is 167 Å². The van der Waals surface area contributed by atoms with Gasteiger partial charge in [-0.15, -0.1) is 0 Å². The van der Waals surface area contributed by atoms with Gasteiger partial charge in [0.25, 0.3) is 0 Å². The average molecular weight is 561 g/mol. The number of aryl methyl sites for hydroxylation is 2. The first-order chi connectivity index (χ1) is 20.9. The number of rotatable bonds is 6. The Morgan fingerprint density at radius 1 is 0.465 bits per heavy atom. The highest BCUT2D eigenvalue weighted by molar-refractivity contribution is 5.86. The molecule has 4 nitrogen and oxygen atoms in total. The number of hydrogen-bond acceptors (Lipinski definition) is 4. The summed E-state index contributed by atoms with van der Waals surface area (Å²) in [5.74, 6) is 2.78. The van der Waals surface area contributed by atoms with E-state index in [-0.39, 0.29) is 0 Å². The fourth-order valence-corrected chi connectivity index (χ4v) is 6.28. The van der Waals surface area contributed by atoms with Crippen LogP contribution in [0.1, 0.15) is 33.4 Å². The fourth-order valence-electron chi connectivity index (χ4n) is 6.28. The van der Waals surface area contributed by atoms with E-state index in [0.29, 0.717) is 22.9 Å². The van der Waals surface area contributed by atoms with Crippen LogP contribution in [0, 0.1) is 13.8 Å². The minimum Gasteiger partial charge on any atom is -0.455 e. The number of hydrogen-bond donors (Lipinski definition) is 2. The van der Waals surface area contributed by atoms with Gasteiger partial charge >= 0.3 is 0 Å². The molecule has 0 aromatic heterocycles. The number of fused-ring (bicyclic) bond motifs is 3. The maximum atomic E-state index is 6.22. The maximum absolute atomic E-state index is 6.22. The first kappa shape index (κ1) is 26.4. The van der Waals surface area contributed by atoms with Crippen molar-refractivity contribution in [2.24, 2.45) is 0 Å². The van der Waals surface area contributed by atoms with Gasteiger partial charge in [0.1, 0.15) is 11.5 Å². The van der Waals surface area contributed by atoms with Crippen LogP contribution in [0.15, 0.2) is 133 Å². The van der Waals surface area contributed by atoms with Gasteiger partial charge in [0.2, 0.25) is 0 Å². The van der Waals surface area contributed by atoms with Crippen LogP contribution < -0.4 is 20.9 Å². The van der Waals surface area contributed by atoms with E-state index in [2.05, 4.69) is 72.8 Å². The molecule has 7 rings (SSSR count). The van der Waals surface area contributed by atoms with Crippen molar-refractivity contribution >= 4 is 11.4 Å². The lowest BCUT2D eigenvalue weighted by atomic mass is 9.68. The summed E-state index contributed by atoms with van der Waals surface area (Å²) in [6.07, 6.45) is 0. The Bertz CT molecular complexity index is 1820. The second-order valence-electron chi connectivity index (χ2n) is 11.2. The molecule has 6 aromatic carbocycles. The Balaban J connectivity index is 1.35. The van der Waals surface area contributed by atoms with E-state index >= 15 is 0 Å². The first-order valence-corrected chi connectivity index (χ1v) is 14.4. The molecular formula is C39H32N2O2. The van der Waals surface area contributed by atoms with Crippen LogP contribution >= 0.6 is 0 Å². The molecule has 43 heavy (non-hydrogen) atoms. The van der Waals surface area contributed by atoms with Crippen LogP contribution in [0.3, 0.4) is 0 Å². The van der Waals surface area contributed by atoms with Gasteiger partial charge in [-0.25, -0.2) is 0 Å². The van der Waals surface area contributed by atoms with Gasteiger partial charge in [-0.2, -0.15) is 0 Å². The summed E-state index contributed by atoms with van der Waals surface area (Å²) >= 11 is 0. The van der Waals surface area contributed by atoms with Crippen LogP contribution in [-0.2, 0) is 5.41 Å². The zero-order valence-electron chi connectivity index (χ0n) is 24.2. The van der Waals surface area contributed by atoms with Crippen molar-refractivity contribution < 1.29 is 9.47 Å². The SMILES string of the molecule is Cc1ccc(N)c(Oc2ccc(C3(c4ccc(Oc5cc(C)ccc5N)cc4)c4ccccc4-c4ccccc43)cc2)c1. The van der Waals surface area contributed by atoms with Gasteiger partial charge < -0.3 is 20.9 Å². The molecule has 1 aliphatic carbocycles. The molecule has 0 saturated carbocycles. The molecule has 6 aromatic rings. The summed E-state index contributed by atoms with van der Waals surface area (Å²) < 4.78 is 12.4. The Morgan fingerprint density at radius 2 is 0.860 bits per heavy atom. The molecular weight excluding hydrogens is 528 g/mol. The van der Waals surface area contributed by atoms with Crippen LogP contribution in [0.2, 0.25) is 0 Å². The zero-order chi connectivity index (χ0) is 29.6. The summed E-state index contributed by atoms with van der Waals surface area (Å²) in [4.78, 5) is 0. The smallest absolute Gasteiger partial charge is 0.150 e. The van der Waals surface area contributed by atoms with Crippen LogP contribution in [0.5, 0.6) is 23.0 Å². The minimum absolute atomic E-state index is 0.533. The molecule has 0 atom stereocenters. The lowest BCUT2D eigenvalue weighted by Crippen LogP contribution is -2.28. The Labute approximate surface area is 252 Å². The van der Waals surface area contributed by atoms with Gasteiger partial charge in [0, 0.05) is 0 Å². The molecule has 0 unspecified atom stereocenters. The standard InChI is InChI=1S/C39H32N2O2/c1-25-11-21-35(40)37(23-25)42-29-17-13-27(14-18-29)39(33-9-5-3-7-31(33)32-8-4-6-10-34(32)39)28-15-19-30(20-16-28)43-38-24-26(2)12-22-36(38)41/h3-24H,40-41H2,1-2H3. The van der Waals surface area contributed by atoms with E-state index in [4.69, 9.17) is 20.9 Å². The summed E-state index contributed by atoms with van der Waals surface area (Å²) in [5.41, 5.74) is 22.5. The lowest BCUT2D eigenvalue weighted by molar-refractivity contribution is 0.484. The predicted molar refractivity (Wildman–Crippen MR) is 175 cm³/mol. The largest absolute Gasteiger partial charge is 0.455 e. The molecule has 1 aliphatic rings. The van der Waals surface area contributed by atoms with Crippen molar-refractivity contribution in [3.63, 3.8) is 0 Å². The maximum Gasteiger partial charge on any atom is 0.150 e. The van der Waals surface area contributed by atoms with Gasteiger partial charge in [-0.1, -0.05) is 84.9 Å². The highest BCUT2D eigenvalue weighted by Crippen LogP contribution is 2.56. The summed E-state index contributed by atoms with van der Waals surface area (Å²) in [6, 6.07) is 45.8. The molecule has 4 N–H and O–H groups in total. The van der Waals surface area contributed by atoms with E-state index in [1.807, 2.05) is 74.5 Å². The number of nitrogen functional groups attached to an aromatic ring is 2. The Hall–Kier alpha value is -5.48. The van der Waals surface area contributed by atoms with Gasteiger partial charge in [-0.05, 0) is 107 Å². The van der Waals surface area contributed by atoms with E-state index in [1.165, 1.54) is 22.3 Å². The van der Waals surface area contributed by atoms with Crippen LogP contribution in [0.4, 0.5) is 11.4 Å². The van der Waals surface area contributed by atoms with E-state index in [1.54, 1.807) is 0 Å². The molecule has 4 heteroatoms. The van der Waals surface area contributed by atoms with Crippen molar-refractivity contribution in [3.8, 4) is 34.1 Å². The first-order valence-electron chi connectivity index (χ1n) is 14.4. The molecule has 0 amide bonds. The van der Waals surface area contributed by atoms with Gasteiger partial charge in [0.05, 0.1) is 16.8 Å². The van der Waals surface area contributed by atoms with Crippen LogP contribution in [0.25, 0.3) is 11.1 Å². The third kappa shape index (κ3) is 4.48.